The number of nitrogens with zero attached hydrogens (tertiary/aromatic N) is 2. The Hall–Kier alpha value is -1.14. The van der Waals surface area contributed by atoms with Crippen molar-refractivity contribution >= 4 is 28.1 Å². The molecule has 0 spiro atoms. The van der Waals surface area contributed by atoms with Crippen LogP contribution in [-0.2, 0) is 6.54 Å². The number of methoxy groups -OCH3 is 1. The Labute approximate surface area is 125 Å². The molecule has 4 nitrogen and oxygen atoms in total. The maximum atomic E-state index is 5.29. The number of aromatic nitrogens is 3. The minimum atomic E-state index is 0.493. The lowest BCUT2D eigenvalue weighted by atomic mass is 10.2. The summed E-state index contributed by atoms with van der Waals surface area (Å²) in [5, 5.41) is 7.20. The van der Waals surface area contributed by atoms with Gasteiger partial charge < -0.3 is 4.74 Å². The van der Waals surface area contributed by atoms with Crippen molar-refractivity contribution in [3.8, 4) is 17.1 Å². The molecule has 0 radical (unpaired) electrons. The van der Waals surface area contributed by atoms with Crippen LogP contribution in [0.15, 0.2) is 22.7 Å². The van der Waals surface area contributed by atoms with Gasteiger partial charge in [0.05, 0.1) is 7.11 Å². The molecule has 0 saturated carbocycles. The number of benzene rings is 1. The number of nitrogens with one attached hydrogen (secondary N) is 1. The molecule has 1 aromatic carbocycles. The first-order valence-electron chi connectivity index (χ1n) is 6.02. The van der Waals surface area contributed by atoms with Gasteiger partial charge in [-0.15, -0.1) is 0 Å². The summed E-state index contributed by atoms with van der Waals surface area (Å²) in [4.78, 5) is 0. The minimum Gasteiger partial charge on any atom is -0.497 e. The fourth-order valence-corrected chi connectivity index (χ4v) is 2.49. The van der Waals surface area contributed by atoms with E-state index in [-0.39, 0.29) is 0 Å². The van der Waals surface area contributed by atoms with Crippen molar-refractivity contribution in [2.75, 3.05) is 7.11 Å². The lowest BCUT2D eigenvalue weighted by Crippen LogP contribution is -2.06. The zero-order valence-electron chi connectivity index (χ0n) is 11.1. The van der Waals surface area contributed by atoms with Gasteiger partial charge >= 0.3 is 0 Å². The van der Waals surface area contributed by atoms with Gasteiger partial charge in [0.2, 0.25) is 0 Å². The Balaban J connectivity index is 2.55. The molecule has 0 saturated heterocycles. The van der Waals surface area contributed by atoms with Crippen LogP contribution in [0.4, 0.5) is 0 Å². The van der Waals surface area contributed by atoms with Gasteiger partial charge in [-0.25, -0.2) is 0 Å². The summed E-state index contributed by atoms with van der Waals surface area (Å²) in [5.41, 5.74) is 0.965. The van der Waals surface area contributed by atoms with Crippen LogP contribution in [0.2, 0.25) is 0 Å². The summed E-state index contributed by atoms with van der Waals surface area (Å²) in [6, 6.07) is 5.80. The number of hydrogen-bond donors (Lipinski definition) is 1. The fraction of sp³-hybridized carbons (Fsp3) is 0.385. The predicted molar refractivity (Wildman–Crippen MR) is 81.9 cm³/mol. The summed E-state index contributed by atoms with van der Waals surface area (Å²) >= 11 is 8.84. The van der Waals surface area contributed by atoms with Crippen molar-refractivity contribution in [3.05, 3.63) is 27.4 Å². The first kappa shape index (κ1) is 14.3. The highest BCUT2D eigenvalue weighted by Crippen LogP contribution is 2.30. The van der Waals surface area contributed by atoms with E-state index in [1.54, 1.807) is 7.11 Å². The molecule has 1 aromatic heterocycles. The van der Waals surface area contributed by atoms with Crippen molar-refractivity contribution in [2.45, 2.75) is 20.4 Å². The fourth-order valence-electron chi connectivity index (χ4n) is 1.86. The number of rotatable bonds is 4. The molecule has 0 atom stereocenters. The highest BCUT2D eigenvalue weighted by atomic mass is 79.9. The molecule has 0 aliphatic rings. The third-order valence-electron chi connectivity index (χ3n) is 2.72. The Bertz CT molecular complexity index is 633. The molecule has 19 heavy (non-hydrogen) atoms. The van der Waals surface area contributed by atoms with E-state index in [0.29, 0.717) is 10.7 Å². The van der Waals surface area contributed by atoms with Crippen molar-refractivity contribution in [3.63, 3.8) is 0 Å². The molecular weight excluding hydrogens is 326 g/mol. The smallest absolute Gasteiger partial charge is 0.195 e. The van der Waals surface area contributed by atoms with Crippen LogP contribution in [0.1, 0.15) is 13.8 Å². The Morgan fingerprint density at radius 2 is 2.21 bits per heavy atom. The van der Waals surface area contributed by atoms with Crippen LogP contribution in [-0.4, -0.2) is 21.9 Å². The highest BCUT2D eigenvalue weighted by Gasteiger charge is 2.13. The van der Waals surface area contributed by atoms with E-state index in [1.807, 2.05) is 22.8 Å². The maximum absolute atomic E-state index is 5.29. The van der Waals surface area contributed by atoms with Gasteiger partial charge in [0.1, 0.15) is 5.75 Å². The molecule has 0 aliphatic heterocycles. The lowest BCUT2D eigenvalue weighted by molar-refractivity contribution is 0.415. The molecule has 1 heterocycles. The summed E-state index contributed by atoms with van der Waals surface area (Å²) in [6.07, 6.45) is 0. The third-order valence-corrected chi connectivity index (χ3v) is 3.72. The molecule has 0 bridgehead atoms. The molecule has 0 amide bonds. The van der Waals surface area contributed by atoms with E-state index in [0.717, 1.165) is 28.2 Å². The first-order chi connectivity index (χ1) is 9.02. The zero-order chi connectivity index (χ0) is 14.0. The molecule has 1 N–H and O–H groups in total. The summed E-state index contributed by atoms with van der Waals surface area (Å²) in [6.45, 7) is 5.13. The number of aromatic amines is 1. The summed E-state index contributed by atoms with van der Waals surface area (Å²) in [7, 11) is 1.65. The number of hydrogen-bond acceptors (Lipinski definition) is 3. The quantitative estimate of drug-likeness (QED) is 0.853. The van der Waals surface area contributed by atoms with E-state index in [4.69, 9.17) is 17.0 Å². The van der Waals surface area contributed by atoms with Gasteiger partial charge in [-0.2, -0.15) is 5.10 Å². The number of halogens is 1. The number of ether oxygens (including phenoxy) is 1. The average Bonchev–Trinajstić information content (AvgIpc) is 2.71. The van der Waals surface area contributed by atoms with Gasteiger partial charge in [-0.1, -0.05) is 29.8 Å². The SMILES string of the molecule is COc1ccc(Br)c(-c2n[nH]c(=S)n2CC(C)C)c1. The topological polar surface area (TPSA) is 42.8 Å². The molecule has 6 heteroatoms. The van der Waals surface area contributed by atoms with Gasteiger partial charge in [-0.05, 0) is 36.3 Å². The summed E-state index contributed by atoms with van der Waals surface area (Å²) < 4.78 is 8.88. The lowest BCUT2D eigenvalue weighted by Gasteiger charge is -2.11. The monoisotopic (exact) mass is 341 g/mol. The van der Waals surface area contributed by atoms with E-state index < -0.39 is 0 Å². The van der Waals surface area contributed by atoms with E-state index in [1.165, 1.54) is 0 Å². The third kappa shape index (κ3) is 3.06. The van der Waals surface area contributed by atoms with Crippen LogP contribution in [0.5, 0.6) is 5.75 Å². The molecular formula is C13H16BrN3OS. The Morgan fingerprint density at radius 1 is 1.47 bits per heavy atom. The normalized spacial score (nSPS) is 11.0. The van der Waals surface area contributed by atoms with Crippen molar-refractivity contribution < 1.29 is 4.74 Å². The van der Waals surface area contributed by atoms with Crippen LogP contribution in [0.25, 0.3) is 11.4 Å². The maximum Gasteiger partial charge on any atom is 0.195 e. The van der Waals surface area contributed by atoms with E-state index in [2.05, 4.69) is 40.0 Å². The second kappa shape index (κ2) is 5.88. The van der Waals surface area contributed by atoms with Gasteiger partial charge in [0.15, 0.2) is 10.6 Å². The van der Waals surface area contributed by atoms with Gasteiger partial charge in [0.25, 0.3) is 0 Å². The molecule has 2 rings (SSSR count). The van der Waals surface area contributed by atoms with E-state index >= 15 is 0 Å². The molecule has 0 unspecified atom stereocenters. The largest absolute Gasteiger partial charge is 0.497 e. The molecule has 0 fully saturated rings. The highest BCUT2D eigenvalue weighted by molar-refractivity contribution is 9.10. The Morgan fingerprint density at radius 3 is 2.84 bits per heavy atom. The van der Waals surface area contributed by atoms with Crippen LogP contribution in [0.3, 0.4) is 0 Å². The average molecular weight is 342 g/mol. The zero-order valence-corrected chi connectivity index (χ0v) is 13.5. The van der Waals surface area contributed by atoms with Crippen molar-refractivity contribution in [1.82, 2.24) is 14.8 Å². The second-order valence-electron chi connectivity index (χ2n) is 4.70. The Kier molecular flexibility index (Phi) is 4.42. The number of H-pyrrole nitrogens is 1. The molecule has 102 valence electrons. The standard InChI is InChI=1S/C13H16BrN3OS/c1-8(2)7-17-12(15-16-13(17)19)10-6-9(18-3)4-5-11(10)14/h4-6,8H,7H2,1-3H3,(H,16,19). The minimum absolute atomic E-state index is 0.493. The molecule has 0 aliphatic carbocycles. The van der Waals surface area contributed by atoms with E-state index in [9.17, 15) is 0 Å². The van der Waals surface area contributed by atoms with Crippen LogP contribution < -0.4 is 4.74 Å². The van der Waals surface area contributed by atoms with Crippen LogP contribution in [0, 0.1) is 10.7 Å². The second-order valence-corrected chi connectivity index (χ2v) is 5.94. The predicted octanol–water partition coefficient (Wildman–Crippen LogP) is 4.03. The first-order valence-corrected chi connectivity index (χ1v) is 7.22. The summed E-state index contributed by atoms with van der Waals surface area (Å²) in [5.74, 6) is 2.11. The molecule has 2 aromatic rings. The van der Waals surface area contributed by atoms with Crippen LogP contribution >= 0.6 is 28.1 Å². The van der Waals surface area contributed by atoms with Crippen molar-refractivity contribution in [1.29, 1.82) is 0 Å². The van der Waals surface area contributed by atoms with Gasteiger partial charge in [-0.3, -0.25) is 9.67 Å². The van der Waals surface area contributed by atoms with Gasteiger partial charge in [0, 0.05) is 16.6 Å². The van der Waals surface area contributed by atoms with Crippen molar-refractivity contribution in [2.24, 2.45) is 5.92 Å².